The van der Waals surface area contributed by atoms with Crippen LogP contribution >= 0.6 is 0 Å². The third-order valence-electron chi connectivity index (χ3n) is 7.62. The molecule has 2 aliphatic heterocycles. The van der Waals surface area contributed by atoms with Crippen LogP contribution in [0.4, 0.5) is 5.95 Å². The van der Waals surface area contributed by atoms with Crippen LogP contribution in [0.2, 0.25) is 0 Å². The van der Waals surface area contributed by atoms with E-state index in [9.17, 15) is 18.3 Å². The summed E-state index contributed by atoms with van der Waals surface area (Å²) in [6.45, 7) is 6.20. The second kappa shape index (κ2) is 11.1. The molecule has 0 unspecified atom stereocenters. The summed E-state index contributed by atoms with van der Waals surface area (Å²) in [6, 6.07) is 20.4. The summed E-state index contributed by atoms with van der Waals surface area (Å²) in [7, 11) is -4.11. The van der Waals surface area contributed by atoms with Crippen molar-refractivity contribution in [3.8, 4) is 22.9 Å². The maximum atomic E-state index is 13.7. The predicted octanol–water partition coefficient (Wildman–Crippen LogP) is 3.99. The van der Waals surface area contributed by atoms with Crippen LogP contribution in [0.3, 0.4) is 0 Å². The second-order valence-corrected chi connectivity index (χ2v) is 12.4. The molecular formula is C31H31N5O5S. The van der Waals surface area contributed by atoms with E-state index in [2.05, 4.69) is 19.6 Å². The topological polar surface area (TPSA) is 125 Å². The van der Waals surface area contributed by atoms with E-state index in [0.717, 1.165) is 22.3 Å². The first-order valence-electron chi connectivity index (χ1n) is 13.7. The van der Waals surface area contributed by atoms with Gasteiger partial charge in [-0.05, 0) is 60.9 Å². The smallest absolute Gasteiger partial charge is 0.264 e. The lowest BCUT2D eigenvalue weighted by atomic mass is 10.00. The first kappa shape index (κ1) is 27.7. The molecule has 4 bridgehead atoms. The minimum absolute atomic E-state index is 0.0600. The SMILES string of the molecule is Cc1cccc(C)c1-c1cc2nc(n1)NS(=O)(=O)c1cccc(c1)C(=O)N1CCN(Cc3cccc(O)c3)C[C@@H]1CO2. The Morgan fingerprint density at radius 1 is 0.976 bits per heavy atom. The van der Waals surface area contributed by atoms with E-state index in [1.165, 1.54) is 12.1 Å². The number of nitrogens with one attached hydrogen (secondary N) is 1. The number of anilines is 1. The number of amides is 1. The molecular weight excluding hydrogens is 554 g/mol. The van der Waals surface area contributed by atoms with E-state index in [1.54, 1.807) is 35.2 Å². The first-order valence-corrected chi connectivity index (χ1v) is 15.2. The van der Waals surface area contributed by atoms with Gasteiger partial charge in [0.1, 0.15) is 12.4 Å². The molecule has 3 heterocycles. The largest absolute Gasteiger partial charge is 0.508 e. The highest BCUT2D eigenvalue weighted by atomic mass is 32.2. The number of sulfonamides is 1. The minimum atomic E-state index is -4.11. The van der Waals surface area contributed by atoms with Gasteiger partial charge in [-0.1, -0.05) is 36.4 Å². The van der Waals surface area contributed by atoms with Crippen molar-refractivity contribution in [2.24, 2.45) is 0 Å². The summed E-state index contributed by atoms with van der Waals surface area (Å²) in [6.07, 6.45) is 0. The van der Waals surface area contributed by atoms with Crippen molar-refractivity contribution in [1.82, 2.24) is 19.8 Å². The average Bonchev–Trinajstić information content (AvgIpc) is 2.95. The van der Waals surface area contributed by atoms with Crippen molar-refractivity contribution in [2.45, 2.75) is 31.3 Å². The Morgan fingerprint density at radius 2 is 1.74 bits per heavy atom. The van der Waals surface area contributed by atoms with Gasteiger partial charge in [0.15, 0.2) is 0 Å². The maximum Gasteiger partial charge on any atom is 0.264 e. The lowest BCUT2D eigenvalue weighted by molar-refractivity contribution is 0.0310. The van der Waals surface area contributed by atoms with E-state index in [-0.39, 0.29) is 46.6 Å². The second-order valence-electron chi connectivity index (χ2n) is 10.7. The molecule has 1 amide bonds. The lowest BCUT2D eigenvalue weighted by Crippen LogP contribution is -2.57. The van der Waals surface area contributed by atoms with Crippen LogP contribution in [0.5, 0.6) is 11.6 Å². The number of benzene rings is 3. The summed E-state index contributed by atoms with van der Waals surface area (Å²) in [5.41, 5.74) is 4.58. The number of carbonyl (C=O) groups excluding carboxylic acids is 1. The Hall–Kier alpha value is -4.48. The van der Waals surface area contributed by atoms with Gasteiger partial charge in [-0.25, -0.2) is 18.1 Å². The van der Waals surface area contributed by atoms with E-state index in [4.69, 9.17) is 4.74 Å². The Morgan fingerprint density at radius 3 is 2.52 bits per heavy atom. The number of ether oxygens (including phenoxy) is 1. The van der Waals surface area contributed by atoms with Crippen molar-refractivity contribution in [3.05, 3.63) is 95.1 Å². The van der Waals surface area contributed by atoms with Crippen LogP contribution in [0.25, 0.3) is 11.3 Å². The number of piperazine rings is 1. The molecule has 0 aliphatic carbocycles. The summed E-state index contributed by atoms with van der Waals surface area (Å²) in [5.74, 6) is 0.0105. The number of fused-ring (bicyclic) bond motifs is 5. The number of phenolic OH excluding ortho intramolecular Hbond substituents is 1. The zero-order valence-electron chi connectivity index (χ0n) is 23.3. The van der Waals surface area contributed by atoms with Gasteiger partial charge in [0.2, 0.25) is 11.8 Å². The van der Waals surface area contributed by atoms with Crippen LogP contribution in [-0.2, 0) is 16.6 Å². The Bertz CT molecular complexity index is 1760. The van der Waals surface area contributed by atoms with E-state index < -0.39 is 10.0 Å². The standard InChI is InChI=1S/C31H31N5O5S/c1-20-6-3-7-21(2)29(20)27-16-28-33-31(32-27)34-42(39,40)26-11-5-9-23(15-26)30(38)36-13-12-35(18-24(36)19-41-28)17-22-8-4-10-25(37)14-22/h3-11,14-16,24,37H,12-13,17-19H2,1-2H3,(H,32,33,34)/t24-/m1/s1. The quantitative estimate of drug-likeness (QED) is 0.370. The van der Waals surface area contributed by atoms with Gasteiger partial charge in [0.25, 0.3) is 15.9 Å². The van der Waals surface area contributed by atoms with Gasteiger partial charge in [-0.15, -0.1) is 0 Å². The number of hydrogen-bond donors (Lipinski definition) is 2. The molecule has 0 radical (unpaired) electrons. The minimum Gasteiger partial charge on any atom is -0.508 e. The number of aromatic hydroxyl groups is 1. The summed E-state index contributed by atoms with van der Waals surface area (Å²) in [5, 5.41) is 9.92. The fourth-order valence-corrected chi connectivity index (χ4v) is 6.59. The number of nitrogens with zero attached hydrogens (tertiary/aromatic N) is 4. The molecule has 3 aromatic carbocycles. The highest BCUT2D eigenvalue weighted by Gasteiger charge is 2.33. The lowest BCUT2D eigenvalue weighted by Gasteiger charge is -2.41. The third kappa shape index (κ3) is 5.65. The van der Waals surface area contributed by atoms with Crippen LogP contribution in [-0.4, -0.2) is 71.5 Å². The zero-order valence-corrected chi connectivity index (χ0v) is 24.1. The van der Waals surface area contributed by atoms with Gasteiger partial charge in [-0.2, -0.15) is 4.98 Å². The molecule has 11 heteroatoms. The fraction of sp³-hybridized carbons (Fsp3) is 0.258. The van der Waals surface area contributed by atoms with Crippen molar-refractivity contribution in [3.63, 3.8) is 0 Å². The fourth-order valence-electron chi connectivity index (χ4n) is 5.60. The molecule has 4 aromatic rings. The highest BCUT2D eigenvalue weighted by Crippen LogP contribution is 2.30. The zero-order chi connectivity index (χ0) is 29.4. The number of carbonyl (C=O) groups is 1. The van der Waals surface area contributed by atoms with Crippen molar-refractivity contribution in [2.75, 3.05) is 31.0 Å². The van der Waals surface area contributed by atoms with Crippen LogP contribution in [0, 0.1) is 13.8 Å². The molecule has 1 atom stereocenters. The van der Waals surface area contributed by atoms with Gasteiger partial charge in [-0.3, -0.25) is 9.69 Å². The van der Waals surface area contributed by atoms with Crippen LogP contribution in [0.15, 0.2) is 77.7 Å². The number of aryl methyl sites for hydroxylation is 2. The van der Waals surface area contributed by atoms with E-state index in [0.29, 0.717) is 31.9 Å². The maximum absolute atomic E-state index is 13.7. The third-order valence-corrected chi connectivity index (χ3v) is 8.95. The molecule has 0 saturated carbocycles. The highest BCUT2D eigenvalue weighted by molar-refractivity contribution is 7.92. The Labute approximate surface area is 244 Å². The number of phenols is 1. The Kier molecular flexibility index (Phi) is 7.29. The van der Waals surface area contributed by atoms with Crippen molar-refractivity contribution < 1.29 is 23.1 Å². The average molecular weight is 586 g/mol. The molecule has 6 rings (SSSR count). The van der Waals surface area contributed by atoms with E-state index >= 15 is 0 Å². The summed E-state index contributed by atoms with van der Waals surface area (Å²) >= 11 is 0. The molecule has 10 nitrogen and oxygen atoms in total. The predicted molar refractivity (Wildman–Crippen MR) is 158 cm³/mol. The van der Waals surface area contributed by atoms with Gasteiger partial charge in [0, 0.05) is 43.4 Å². The van der Waals surface area contributed by atoms with E-state index in [1.807, 2.05) is 44.2 Å². The van der Waals surface area contributed by atoms with Crippen molar-refractivity contribution in [1.29, 1.82) is 0 Å². The molecule has 1 fully saturated rings. The van der Waals surface area contributed by atoms with Crippen LogP contribution in [0.1, 0.15) is 27.0 Å². The Balaban J connectivity index is 1.40. The normalized spacial score (nSPS) is 18.5. The molecule has 216 valence electrons. The van der Waals surface area contributed by atoms with Gasteiger partial charge < -0.3 is 14.7 Å². The monoisotopic (exact) mass is 585 g/mol. The molecule has 2 aliphatic rings. The molecule has 0 spiro atoms. The van der Waals surface area contributed by atoms with Gasteiger partial charge >= 0.3 is 0 Å². The summed E-state index contributed by atoms with van der Waals surface area (Å²) in [4.78, 5) is 26.6. The first-order chi connectivity index (χ1) is 20.2. The summed E-state index contributed by atoms with van der Waals surface area (Å²) < 4.78 is 35.5. The number of hydrogen-bond acceptors (Lipinski definition) is 8. The van der Waals surface area contributed by atoms with Crippen LogP contribution < -0.4 is 9.46 Å². The number of aromatic nitrogens is 2. The molecule has 1 saturated heterocycles. The molecule has 42 heavy (non-hydrogen) atoms. The van der Waals surface area contributed by atoms with Crippen molar-refractivity contribution >= 4 is 21.9 Å². The molecule has 1 aromatic heterocycles. The van der Waals surface area contributed by atoms with Gasteiger partial charge in [0.05, 0.1) is 16.6 Å². The number of rotatable bonds is 3. The molecule has 2 N–H and O–H groups in total.